The number of carbonyl (C=O) groups is 1. The van der Waals surface area contributed by atoms with Gasteiger partial charge in [0, 0.05) is 17.8 Å². The van der Waals surface area contributed by atoms with E-state index in [9.17, 15) is 9.18 Å². The van der Waals surface area contributed by atoms with Crippen molar-refractivity contribution in [1.29, 1.82) is 0 Å². The first-order valence-electron chi connectivity index (χ1n) is 6.85. The number of rotatable bonds is 6. The summed E-state index contributed by atoms with van der Waals surface area (Å²) in [6, 6.07) is 7.15. The molecule has 0 aliphatic carbocycles. The largest absolute Gasteiger partial charge is 0.495 e. The molecule has 0 bridgehead atoms. The van der Waals surface area contributed by atoms with Crippen molar-refractivity contribution in [2.24, 2.45) is 0 Å². The minimum absolute atomic E-state index is 0.0455. The Morgan fingerprint density at radius 2 is 1.79 bits per heavy atom. The van der Waals surface area contributed by atoms with Gasteiger partial charge in [-0.3, -0.25) is 4.79 Å². The third-order valence-electron chi connectivity index (χ3n) is 3.12. The molecule has 0 fully saturated rings. The Morgan fingerprint density at radius 1 is 1.08 bits per heavy atom. The molecule has 0 heterocycles. The van der Waals surface area contributed by atoms with Crippen LogP contribution in [0, 0.1) is 5.82 Å². The van der Waals surface area contributed by atoms with Gasteiger partial charge in [-0.25, -0.2) is 4.39 Å². The summed E-state index contributed by atoms with van der Waals surface area (Å²) in [4.78, 5) is 12.0. The number of amides is 1. The van der Waals surface area contributed by atoms with Gasteiger partial charge >= 0.3 is 0 Å². The monoisotopic (exact) mass is 372 g/mol. The lowest BCUT2D eigenvalue weighted by Gasteiger charge is -2.14. The topological polar surface area (TPSA) is 59.6 Å². The molecule has 0 aliphatic heterocycles. The van der Waals surface area contributed by atoms with Crippen LogP contribution in [-0.2, 0) is 4.79 Å². The van der Waals surface area contributed by atoms with Crippen LogP contribution in [0.1, 0.15) is 0 Å². The van der Waals surface area contributed by atoms with Gasteiger partial charge in [-0.15, -0.1) is 0 Å². The molecule has 2 aromatic carbocycles. The van der Waals surface area contributed by atoms with Crippen LogP contribution in [0.15, 0.2) is 30.3 Å². The van der Waals surface area contributed by atoms with E-state index in [1.165, 1.54) is 32.4 Å². The zero-order chi connectivity index (χ0) is 17.7. The molecule has 0 unspecified atom stereocenters. The van der Waals surface area contributed by atoms with Crippen molar-refractivity contribution in [2.75, 3.05) is 31.4 Å². The number of hydrogen-bond acceptors (Lipinski definition) is 4. The number of ether oxygens (including phenoxy) is 2. The normalized spacial score (nSPS) is 10.2. The minimum Gasteiger partial charge on any atom is -0.495 e. The molecule has 2 N–H and O–H groups in total. The molecule has 5 nitrogen and oxygen atoms in total. The van der Waals surface area contributed by atoms with E-state index >= 15 is 0 Å². The molecule has 0 aliphatic rings. The molecule has 0 saturated heterocycles. The third kappa shape index (κ3) is 4.43. The maximum atomic E-state index is 13.1. The molecule has 0 saturated carbocycles. The SMILES string of the molecule is COc1cc(NCC(=O)Nc2ccc(F)c(Cl)c2)c(OC)cc1Cl. The quantitative estimate of drug-likeness (QED) is 0.797. The summed E-state index contributed by atoms with van der Waals surface area (Å²) in [5.74, 6) is 0.0311. The lowest BCUT2D eigenvalue weighted by Crippen LogP contribution is -2.22. The van der Waals surface area contributed by atoms with Gasteiger partial charge in [-0.2, -0.15) is 0 Å². The van der Waals surface area contributed by atoms with Crippen molar-refractivity contribution in [3.63, 3.8) is 0 Å². The second kappa shape index (κ2) is 8.08. The van der Waals surface area contributed by atoms with Crippen molar-refractivity contribution in [1.82, 2.24) is 0 Å². The van der Waals surface area contributed by atoms with E-state index < -0.39 is 5.82 Å². The second-order valence-corrected chi connectivity index (χ2v) is 5.53. The van der Waals surface area contributed by atoms with E-state index in [-0.39, 0.29) is 17.5 Å². The molecule has 2 aromatic rings. The average molecular weight is 373 g/mol. The van der Waals surface area contributed by atoms with Gasteiger partial charge in [0.1, 0.15) is 17.3 Å². The summed E-state index contributed by atoms with van der Waals surface area (Å²) >= 11 is 11.7. The van der Waals surface area contributed by atoms with Gasteiger partial charge in [-0.1, -0.05) is 23.2 Å². The zero-order valence-corrected chi connectivity index (χ0v) is 14.5. The maximum absolute atomic E-state index is 13.1. The van der Waals surface area contributed by atoms with E-state index in [0.29, 0.717) is 27.9 Å². The van der Waals surface area contributed by atoms with Crippen LogP contribution in [0.4, 0.5) is 15.8 Å². The van der Waals surface area contributed by atoms with E-state index in [4.69, 9.17) is 32.7 Å². The van der Waals surface area contributed by atoms with Crippen molar-refractivity contribution in [3.8, 4) is 11.5 Å². The van der Waals surface area contributed by atoms with Crippen LogP contribution in [0.2, 0.25) is 10.0 Å². The number of benzene rings is 2. The van der Waals surface area contributed by atoms with Gasteiger partial charge in [0.05, 0.1) is 36.5 Å². The van der Waals surface area contributed by atoms with E-state index in [0.717, 1.165) is 0 Å². The molecule has 2 rings (SSSR count). The maximum Gasteiger partial charge on any atom is 0.243 e. The summed E-state index contributed by atoms with van der Waals surface area (Å²) in [6.07, 6.45) is 0. The highest BCUT2D eigenvalue weighted by Gasteiger charge is 2.11. The number of halogens is 3. The molecular weight excluding hydrogens is 358 g/mol. The molecule has 24 heavy (non-hydrogen) atoms. The summed E-state index contributed by atoms with van der Waals surface area (Å²) in [5, 5.41) is 5.87. The highest BCUT2D eigenvalue weighted by Crippen LogP contribution is 2.35. The van der Waals surface area contributed by atoms with Crippen molar-refractivity contribution >= 4 is 40.5 Å². The Balaban J connectivity index is 2.04. The van der Waals surface area contributed by atoms with Crippen LogP contribution in [0.5, 0.6) is 11.5 Å². The number of methoxy groups -OCH3 is 2. The fourth-order valence-electron chi connectivity index (χ4n) is 1.95. The number of anilines is 2. The van der Waals surface area contributed by atoms with E-state index in [1.54, 1.807) is 12.1 Å². The smallest absolute Gasteiger partial charge is 0.243 e. The predicted molar refractivity (Wildman–Crippen MR) is 93.1 cm³/mol. The van der Waals surface area contributed by atoms with Gasteiger partial charge in [0.25, 0.3) is 0 Å². The van der Waals surface area contributed by atoms with Gasteiger partial charge in [0.2, 0.25) is 5.91 Å². The molecule has 0 radical (unpaired) electrons. The number of carbonyl (C=O) groups excluding carboxylic acids is 1. The molecule has 128 valence electrons. The Labute approximate surface area is 148 Å². The number of hydrogen-bond donors (Lipinski definition) is 2. The lowest BCUT2D eigenvalue weighted by atomic mass is 10.2. The average Bonchev–Trinajstić information content (AvgIpc) is 2.56. The molecule has 0 spiro atoms. The third-order valence-corrected chi connectivity index (χ3v) is 3.70. The first-order valence-corrected chi connectivity index (χ1v) is 7.60. The molecule has 0 atom stereocenters. The Bertz CT molecular complexity index is 756. The molecule has 8 heteroatoms. The molecular formula is C16H15Cl2FN2O3. The van der Waals surface area contributed by atoms with Crippen molar-refractivity contribution in [3.05, 3.63) is 46.2 Å². The fraction of sp³-hybridized carbons (Fsp3) is 0.188. The molecule has 1 amide bonds. The second-order valence-electron chi connectivity index (χ2n) is 4.72. The van der Waals surface area contributed by atoms with Crippen molar-refractivity contribution in [2.45, 2.75) is 0 Å². The minimum atomic E-state index is -0.550. The Hall–Kier alpha value is -2.18. The first kappa shape index (κ1) is 18.2. The van der Waals surface area contributed by atoms with E-state index in [2.05, 4.69) is 10.6 Å². The van der Waals surface area contributed by atoms with Gasteiger partial charge < -0.3 is 20.1 Å². The van der Waals surface area contributed by atoms with Crippen molar-refractivity contribution < 1.29 is 18.7 Å². The summed E-state index contributed by atoms with van der Waals surface area (Å²) in [5.41, 5.74) is 0.944. The van der Waals surface area contributed by atoms with Crippen LogP contribution in [0.3, 0.4) is 0 Å². The van der Waals surface area contributed by atoms with E-state index in [1.807, 2.05) is 0 Å². The number of nitrogens with one attached hydrogen (secondary N) is 2. The highest BCUT2D eigenvalue weighted by molar-refractivity contribution is 6.32. The van der Waals surface area contributed by atoms with Crippen LogP contribution >= 0.6 is 23.2 Å². The Morgan fingerprint density at radius 3 is 2.42 bits per heavy atom. The molecule has 0 aromatic heterocycles. The summed E-state index contributed by atoms with van der Waals surface area (Å²) in [7, 11) is 2.98. The van der Waals surface area contributed by atoms with Crippen LogP contribution in [-0.4, -0.2) is 26.7 Å². The van der Waals surface area contributed by atoms with Crippen LogP contribution in [0.25, 0.3) is 0 Å². The van der Waals surface area contributed by atoms with Gasteiger partial charge in [-0.05, 0) is 18.2 Å². The first-order chi connectivity index (χ1) is 11.4. The summed E-state index contributed by atoms with van der Waals surface area (Å²) in [6.45, 7) is -0.0455. The zero-order valence-electron chi connectivity index (χ0n) is 13.0. The predicted octanol–water partition coefficient (Wildman–Crippen LogP) is 4.20. The fourth-order valence-corrected chi connectivity index (χ4v) is 2.36. The Kier molecular flexibility index (Phi) is 6.11. The van der Waals surface area contributed by atoms with Crippen LogP contribution < -0.4 is 20.1 Å². The standard InChI is InChI=1S/C16H15Cl2FN2O3/c1-23-14-7-13(15(24-2)6-11(14)18)20-8-16(22)21-9-3-4-12(19)10(17)5-9/h3-7,20H,8H2,1-2H3,(H,21,22). The van der Waals surface area contributed by atoms with Gasteiger partial charge in [0.15, 0.2) is 0 Å². The summed E-state index contributed by atoms with van der Waals surface area (Å²) < 4.78 is 23.4. The highest BCUT2D eigenvalue weighted by atomic mass is 35.5. The lowest BCUT2D eigenvalue weighted by molar-refractivity contribution is -0.114.